The SMILES string of the molecule is CC.COc1cc(F)c(C(CC=O)CN(C)c2cccn(CCN3CC4(CCC4)C3)c2=O)c(F)c1.NC(=O)c1ccc(OC(F)F)cc1. The fraction of sp³-hybridized carbons (Fsp3) is 0.457. The molecule has 9 nitrogen and oxygen atoms in total. The van der Waals surface area contributed by atoms with E-state index in [-0.39, 0.29) is 41.2 Å². The summed E-state index contributed by atoms with van der Waals surface area (Å²) >= 11 is 0. The maximum absolute atomic E-state index is 14.6. The molecule has 2 heterocycles. The van der Waals surface area contributed by atoms with Gasteiger partial charge >= 0.3 is 6.61 Å². The predicted molar refractivity (Wildman–Crippen MR) is 176 cm³/mol. The summed E-state index contributed by atoms with van der Waals surface area (Å²) in [7, 11) is 3.03. The Labute approximate surface area is 278 Å². The number of pyridine rings is 1. The Hall–Kier alpha value is -4.39. The second-order valence-electron chi connectivity index (χ2n) is 11.7. The summed E-state index contributed by atoms with van der Waals surface area (Å²) in [6.45, 7) is 4.91. The number of anilines is 1. The number of hydrogen-bond donors (Lipinski definition) is 1. The van der Waals surface area contributed by atoms with Crippen molar-refractivity contribution < 1.29 is 36.6 Å². The van der Waals surface area contributed by atoms with Crippen molar-refractivity contribution in [2.45, 2.75) is 58.6 Å². The smallest absolute Gasteiger partial charge is 0.387 e. The summed E-state index contributed by atoms with van der Waals surface area (Å²) in [5.41, 5.74) is 5.84. The number of hydrogen-bond acceptors (Lipinski definition) is 7. The third-order valence-electron chi connectivity index (χ3n) is 8.54. The van der Waals surface area contributed by atoms with E-state index >= 15 is 0 Å². The van der Waals surface area contributed by atoms with Gasteiger partial charge in [-0.25, -0.2) is 8.78 Å². The molecule has 48 heavy (non-hydrogen) atoms. The molecule has 1 amide bonds. The molecule has 1 spiro atoms. The number of nitrogens with two attached hydrogens (primary N) is 1. The molecule has 2 fully saturated rings. The van der Waals surface area contributed by atoms with Gasteiger partial charge in [-0.05, 0) is 54.7 Å². The first-order valence-electron chi connectivity index (χ1n) is 15.9. The average Bonchev–Trinajstić information content (AvgIpc) is 3.01. The minimum atomic E-state index is -2.86. The van der Waals surface area contributed by atoms with Gasteiger partial charge < -0.3 is 34.4 Å². The number of benzene rings is 2. The molecule has 2 aromatic carbocycles. The number of alkyl halides is 2. The third kappa shape index (κ3) is 9.82. The predicted octanol–water partition coefficient (Wildman–Crippen LogP) is 5.84. The van der Waals surface area contributed by atoms with Crippen LogP contribution in [0.25, 0.3) is 0 Å². The van der Waals surface area contributed by atoms with Crippen LogP contribution in [0.15, 0.2) is 59.5 Å². The summed E-state index contributed by atoms with van der Waals surface area (Å²) in [5.74, 6) is -2.81. The van der Waals surface area contributed by atoms with Crippen molar-refractivity contribution in [2.24, 2.45) is 11.1 Å². The van der Waals surface area contributed by atoms with Gasteiger partial charge in [0.25, 0.3) is 5.56 Å². The molecule has 1 aliphatic heterocycles. The maximum atomic E-state index is 14.6. The summed E-state index contributed by atoms with van der Waals surface area (Å²) < 4.78 is 63.3. The van der Waals surface area contributed by atoms with Crippen LogP contribution in [0.3, 0.4) is 0 Å². The van der Waals surface area contributed by atoms with Gasteiger partial charge in [-0.2, -0.15) is 8.78 Å². The normalized spacial score (nSPS) is 15.1. The van der Waals surface area contributed by atoms with Crippen LogP contribution in [0.2, 0.25) is 0 Å². The van der Waals surface area contributed by atoms with Crippen molar-refractivity contribution in [1.82, 2.24) is 9.47 Å². The van der Waals surface area contributed by atoms with E-state index < -0.39 is 30.1 Å². The number of aldehydes is 1. The van der Waals surface area contributed by atoms with E-state index in [9.17, 15) is 31.9 Å². The molecule has 1 saturated heterocycles. The second kappa shape index (κ2) is 17.7. The summed E-state index contributed by atoms with van der Waals surface area (Å²) in [5, 5.41) is 0. The lowest BCUT2D eigenvalue weighted by Gasteiger charge is -2.56. The molecule has 5 rings (SSSR count). The molecule has 1 atom stereocenters. The number of carbonyl (C=O) groups is 2. The number of aromatic nitrogens is 1. The minimum Gasteiger partial charge on any atom is -0.497 e. The molecule has 2 N–H and O–H groups in total. The first kappa shape index (κ1) is 38.1. The van der Waals surface area contributed by atoms with Gasteiger partial charge in [0.2, 0.25) is 5.91 Å². The Kier molecular flexibility index (Phi) is 14.0. The molecule has 13 heteroatoms. The Morgan fingerprint density at radius 2 is 1.67 bits per heavy atom. The van der Waals surface area contributed by atoms with Gasteiger partial charge in [0.1, 0.15) is 35.1 Å². The van der Waals surface area contributed by atoms with E-state index in [1.54, 1.807) is 34.8 Å². The molecule has 1 aromatic heterocycles. The fourth-order valence-corrected chi connectivity index (χ4v) is 5.99. The Morgan fingerprint density at radius 3 is 2.17 bits per heavy atom. The number of primary amides is 1. The van der Waals surface area contributed by atoms with Crippen LogP contribution < -0.4 is 25.7 Å². The zero-order chi connectivity index (χ0) is 35.4. The Bertz CT molecular complexity index is 1530. The van der Waals surface area contributed by atoms with Crippen LogP contribution in [-0.4, -0.2) is 68.6 Å². The summed E-state index contributed by atoms with van der Waals surface area (Å²) in [6, 6.07) is 10.9. The van der Waals surface area contributed by atoms with E-state index in [2.05, 4.69) is 9.64 Å². The molecule has 262 valence electrons. The van der Waals surface area contributed by atoms with Crippen LogP contribution in [0.1, 0.15) is 61.4 Å². The van der Waals surface area contributed by atoms with Crippen LogP contribution in [-0.2, 0) is 11.3 Å². The number of amides is 1. The van der Waals surface area contributed by atoms with Crippen LogP contribution in [0, 0.1) is 17.0 Å². The zero-order valence-corrected chi connectivity index (χ0v) is 27.8. The quantitative estimate of drug-likeness (QED) is 0.179. The highest BCUT2D eigenvalue weighted by molar-refractivity contribution is 5.92. The van der Waals surface area contributed by atoms with E-state index in [1.807, 2.05) is 13.8 Å². The molecule has 0 bridgehead atoms. The molecule has 1 aliphatic carbocycles. The highest BCUT2D eigenvalue weighted by atomic mass is 19.3. The van der Waals surface area contributed by atoms with Gasteiger partial charge in [-0.3, -0.25) is 9.59 Å². The average molecular weight is 677 g/mol. The van der Waals surface area contributed by atoms with Crippen molar-refractivity contribution in [3.05, 3.63) is 87.8 Å². The molecule has 1 saturated carbocycles. The summed E-state index contributed by atoms with van der Waals surface area (Å²) in [6.07, 6.45) is 6.32. The lowest BCUT2D eigenvalue weighted by molar-refractivity contribution is -0.108. The standard InChI is InChI=1S/C25H31F2N3O3.C8H7F2NO2.C2H6/c1-28(15-18(6-12-31)23-20(26)13-19(33-2)14-21(23)27)22-5-3-9-30(24(22)32)11-10-29-16-25(17-29)7-4-8-25;9-8(10)13-6-3-1-5(2-4-6)7(11)12;1-2/h3,5,9,12-14,18H,4,6-8,10-11,15-17H2,1-2H3;1-4,8H,(H2,11,12);1-2H3. The van der Waals surface area contributed by atoms with Crippen molar-refractivity contribution >= 4 is 17.9 Å². The van der Waals surface area contributed by atoms with Gasteiger partial charge in [0, 0.05) is 81.6 Å². The van der Waals surface area contributed by atoms with Crippen LogP contribution in [0.4, 0.5) is 23.2 Å². The third-order valence-corrected chi connectivity index (χ3v) is 8.54. The van der Waals surface area contributed by atoms with Crippen LogP contribution >= 0.6 is 0 Å². The summed E-state index contributed by atoms with van der Waals surface area (Å²) in [4.78, 5) is 39.0. The number of nitrogens with zero attached hydrogens (tertiary/aromatic N) is 3. The lowest BCUT2D eigenvalue weighted by Crippen LogP contribution is -2.60. The number of likely N-dealkylation sites (tertiary alicyclic amines) is 1. The maximum Gasteiger partial charge on any atom is 0.387 e. The molecule has 2 aliphatic rings. The Morgan fingerprint density at radius 1 is 1.04 bits per heavy atom. The monoisotopic (exact) mass is 676 g/mol. The fourth-order valence-electron chi connectivity index (χ4n) is 5.99. The first-order chi connectivity index (χ1) is 22.9. The van der Waals surface area contributed by atoms with E-state index in [0.29, 0.717) is 23.9 Å². The topological polar surface area (TPSA) is 107 Å². The van der Waals surface area contributed by atoms with Crippen molar-refractivity contribution in [2.75, 3.05) is 45.2 Å². The van der Waals surface area contributed by atoms with Crippen LogP contribution in [0.5, 0.6) is 11.5 Å². The zero-order valence-electron chi connectivity index (χ0n) is 27.8. The highest BCUT2D eigenvalue weighted by Gasteiger charge is 2.46. The molecule has 3 aromatic rings. The number of halogens is 4. The Balaban J connectivity index is 0.000000349. The van der Waals surface area contributed by atoms with Crippen molar-refractivity contribution in [3.8, 4) is 11.5 Å². The van der Waals surface area contributed by atoms with Crippen molar-refractivity contribution in [3.63, 3.8) is 0 Å². The van der Waals surface area contributed by atoms with Gasteiger partial charge in [-0.1, -0.05) is 20.3 Å². The van der Waals surface area contributed by atoms with Gasteiger partial charge in [0.15, 0.2) is 0 Å². The lowest BCUT2D eigenvalue weighted by atomic mass is 9.63. The molecule has 1 unspecified atom stereocenters. The largest absolute Gasteiger partial charge is 0.497 e. The molecule has 0 radical (unpaired) electrons. The van der Waals surface area contributed by atoms with Gasteiger partial charge in [0.05, 0.1) is 7.11 Å². The van der Waals surface area contributed by atoms with Gasteiger partial charge in [-0.15, -0.1) is 0 Å². The minimum absolute atomic E-state index is 0.000000000000000444. The number of carbonyl (C=O) groups excluding carboxylic acids is 2. The van der Waals surface area contributed by atoms with Crippen molar-refractivity contribution in [1.29, 1.82) is 0 Å². The second-order valence-corrected chi connectivity index (χ2v) is 11.7. The number of rotatable bonds is 13. The van der Waals surface area contributed by atoms with E-state index in [4.69, 9.17) is 10.5 Å². The van der Waals surface area contributed by atoms with E-state index in [1.165, 1.54) is 50.6 Å². The highest BCUT2D eigenvalue weighted by Crippen LogP contribution is 2.47. The number of likely N-dealkylation sites (N-methyl/N-ethyl adjacent to an activating group) is 1. The molecular formula is C35H44F4N4O5. The number of ether oxygens (including phenoxy) is 2. The van der Waals surface area contributed by atoms with E-state index in [0.717, 1.165) is 31.8 Å². The first-order valence-corrected chi connectivity index (χ1v) is 15.9. The number of methoxy groups -OCH3 is 1. The molecular weight excluding hydrogens is 632 g/mol.